The summed E-state index contributed by atoms with van der Waals surface area (Å²) in [4.78, 5) is 11.9. The third-order valence-corrected chi connectivity index (χ3v) is 4.79. The monoisotopic (exact) mass is 467 g/mol. The van der Waals surface area contributed by atoms with Crippen molar-refractivity contribution in [1.29, 1.82) is 0 Å². The number of pyridine rings is 1. The molecule has 0 spiro atoms. The molecule has 3 heterocycles. The standard InChI is InChI=1S/C14H19F3N2O2.C5H4F3N3/c1-8(2)10-5-11(20)12(21)7-19(10)13-4-3-9(6-18-13)14(15,16)17;6-5(7,8)3-1-10-2-4(9)11-3/h3-4,6,8,10-12,20-21H,5,7H2,1-2H3;1-2H,(H2,9,11). The Balaban J connectivity index is 0.000000278. The Bertz CT molecular complexity index is 876. The predicted octanol–water partition coefficient (Wildman–Crippen LogP) is 3.13. The van der Waals surface area contributed by atoms with Crippen molar-refractivity contribution in [2.24, 2.45) is 5.92 Å². The first-order valence-corrected chi connectivity index (χ1v) is 9.51. The number of nitrogens with zero attached hydrogens (tertiary/aromatic N) is 4. The molecular formula is C19H23F6N5O2. The maximum atomic E-state index is 12.6. The van der Waals surface area contributed by atoms with E-state index in [1.807, 2.05) is 13.8 Å². The van der Waals surface area contributed by atoms with Crippen LogP contribution in [-0.4, -0.2) is 50.0 Å². The van der Waals surface area contributed by atoms with Crippen LogP contribution in [0.4, 0.5) is 38.0 Å². The van der Waals surface area contributed by atoms with Gasteiger partial charge in [-0.25, -0.2) is 9.97 Å². The molecule has 2 aromatic rings. The number of aliphatic hydroxyl groups is 2. The second-order valence-electron chi connectivity index (χ2n) is 7.56. The van der Waals surface area contributed by atoms with Gasteiger partial charge >= 0.3 is 12.4 Å². The second-order valence-corrected chi connectivity index (χ2v) is 7.56. The molecule has 7 nitrogen and oxygen atoms in total. The van der Waals surface area contributed by atoms with Gasteiger partial charge in [0.25, 0.3) is 0 Å². The lowest BCUT2D eigenvalue weighted by Crippen LogP contribution is -2.54. The van der Waals surface area contributed by atoms with Gasteiger partial charge in [-0.2, -0.15) is 26.3 Å². The van der Waals surface area contributed by atoms with E-state index in [-0.39, 0.29) is 24.3 Å². The lowest BCUT2D eigenvalue weighted by molar-refractivity contribution is -0.141. The Labute approximate surface area is 179 Å². The van der Waals surface area contributed by atoms with Crippen molar-refractivity contribution >= 4 is 11.6 Å². The van der Waals surface area contributed by atoms with Crippen molar-refractivity contribution in [1.82, 2.24) is 15.0 Å². The number of hydrogen-bond donors (Lipinski definition) is 3. The summed E-state index contributed by atoms with van der Waals surface area (Å²) < 4.78 is 73.1. The van der Waals surface area contributed by atoms with Crippen molar-refractivity contribution in [2.45, 2.75) is 50.9 Å². The first kappa shape index (κ1) is 25.6. The maximum absolute atomic E-state index is 12.6. The fourth-order valence-corrected chi connectivity index (χ4v) is 3.13. The molecule has 1 fully saturated rings. The first-order valence-electron chi connectivity index (χ1n) is 9.51. The molecule has 0 aromatic carbocycles. The molecule has 32 heavy (non-hydrogen) atoms. The number of nitrogens with two attached hydrogens (primary N) is 1. The number of rotatable bonds is 2. The molecule has 3 unspecified atom stereocenters. The molecule has 0 amide bonds. The van der Waals surface area contributed by atoms with E-state index in [4.69, 9.17) is 5.73 Å². The van der Waals surface area contributed by atoms with Crippen LogP contribution >= 0.6 is 0 Å². The number of piperidine rings is 1. The number of nitrogen functional groups attached to an aromatic ring is 1. The smallest absolute Gasteiger partial charge is 0.390 e. The molecule has 0 radical (unpaired) electrons. The van der Waals surface area contributed by atoms with Crippen LogP contribution in [0.25, 0.3) is 0 Å². The maximum Gasteiger partial charge on any atom is 0.434 e. The zero-order valence-corrected chi connectivity index (χ0v) is 17.1. The van der Waals surface area contributed by atoms with Crippen LogP contribution in [0.3, 0.4) is 0 Å². The lowest BCUT2D eigenvalue weighted by Gasteiger charge is -2.43. The molecule has 13 heteroatoms. The van der Waals surface area contributed by atoms with E-state index in [2.05, 4.69) is 15.0 Å². The molecule has 3 atom stereocenters. The van der Waals surface area contributed by atoms with Crippen LogP contribution in [0.1, 0.15) is 31.5 Å². The van der Waals surface area contributed by atoms with Gasteiger partial charge in [0, 0.05) is 18.8 Å². The molecule has 3 rings (SSSR count). The lowest BCUT2D eigenvalue weighted by atomic mass is 9.89. The first-order chi connectivity index (χ1) is 14.7. The number of β-amino-alcohol motifs (C(OH)–C–C–N with tert-alkyl or cyclic N) is 1. The Kier molecular flexibility index (Phi) is 7.88. The van der Waals surface area contributed by atoms with Gasteiger partial charge in [-0.3, -0.25) is 4.98 Å². The highest BCUT2D eigenvalue weighted by Gasteiger charge is 2.37. The predicted molar refractivity (Wildman–Crippen MR) is 103 cm³/mol. The van der Waals surface area contributed by atoms with Gasteiger partial charge in [0.15, 0.2) is 5.69 Å². The van der Waals surface area contributed by atoms with E-state index >= 15 is 0 Å². The molecule has 4 N–H and O–H groups in total. The summed E-state index contributed by atoms with van der Waals surface area (Å²) in [5.41, 5.74) is 3.11. The van der Waals surface area contributed by atoms with Crippen LogP contribution in [0.5, 0.6) is 0 Å². The SMILES string of the molecule is CC(C)C1CC(O)C(O)CN1c1ccc(C(F)(F)F)cn1.Nc1cncc(C(F)(F)F)n1. The third-order valence-electron chi connectivity index (χ3n) is 4.79. The molecule has 0 saturated carbocycles. The largest absolute Gasteiger partial charge is 0.434 e. The van der Waals surface area contributed by atoms with Crippen molar-refractivity contribution in [3.05, 3.63) is 42.0 Å². The van der Waals surface area contributed by atoms with Crippen molar-refractivity contribution < 1.29 is 36.6 Å². The van der Waals surface area contributed by atoms with Gasteiger partial charge in [0.2, 0.25) is 0 Å². The summed E-state index contributed by atoms with van der Waals surface area (Å²) in [6.45, 7) is 4.08. The Morgan fingerprint density at radius 2 is 1.66 bits per heavy atom. The van der Waals surface area contributed by atoms with E-state index in [1.165, 1.54) is 6.07 Å². The molecule has 0 bridgehead atoms. The topological polar surface area (TPSA) is 108 Å². The quantitative estimate of drug-likeness (QED) is 0.583. The van der Waals surface area contributed by atoms with Crippen LogP contribution in [-0.2, 0) is 12.4 Å². The van der Waals surface area contributed by atoms with Crippen LogP contribution in [0.2, 0.25) is 0 Å². The third kappa shape index (κ3) is 6.66. The zero-order chi connectivity index (χ0) is 24.3. The molecule has 178 valence electrons. The highest BCUT2D eigenvalue weighted by atomic mass is 19.4. The number of halogens is 6. The summed E-state index contributed by atoms with van der Waals surface area (Å²) >= 11 is 0. The number of alkyl halides is 6. The van der Waals surface area contributed by atoms with Gasteiger partial charge in [-0.1, -0.05) is 13.8 Å². The minimum Gasteiger partial charge on any atom is -0.390 e. The van der Waals surface area contributed by atoms with Crippen molar-refractivity contribution in [3.63, 3.8) is 0 Å². The molecule has 0 aliphatic carbocycles. The fourth-order valence-electron chi connectivity index (χ4n) is 3.13. The molecular weight excluding hydrogens is 444 g/mol. The van der Waals surface area contributed by atoms with Gasteiger partial charge in [-0.15, -0.1) is 0 Å². The highest BCUT2D eigenvalue weighted by molar-refractivity contribution is 5.42. The van der Waals surface area contributed by atoms with Gasteiger partial charge < -0.3 is 20.8 Å². The molecule has 1 aliphatic rings. The average molecular weight is 467 g/mol. The number of hydrogen-bond acceptors (Lipinski definition) is 7. The number of anilines is 2. The number of aromatic nitrogens is 3. The summed E-state index contributed by atoms with van der Waals surface area (Å²) in [6, 6.07) is 2.22. The summed E-state index contributed by atoms with van der Waals surface area (Å²) in [6.07, 6.45) is -7.80. The fraction of sp³-hybridized carbons (Fsp3) is 0.526. The van der Waals surface area contributed by atoms with E-state index in [9.17, 15) is 36.6 Å². The second kappa shape index (κ2) is 9.86. The molecule has 1 aliphatic heterocycles. The van der Waals surface area contributed by atoms with Crippen molar-refractivity contribution in [2.75, 3.05) is 17.2 Å². The molecule has 2 aromatic heterocycles. The van der Waals surface area contributed by atoms with E-state index < -0.39 is 35.8 Å². The van der Waals surface area contributed by atoms with Gasteiger partial charge in [0.05, 0.1) is 30.2 Å². The van der Waals surface area contributed by atoms with Gasteiger partial charge in [0.1, 0.15) is 11.6 Å². The van der Waals surface area contributed by atoms with E-state index in [0.717, 1.165) is 18.5 Å². The molecule has 1 saturated heterocycles. The average Bonchev–Trinajstić information content (AvgIpc) is 2.69. The van der Waals surface area contributed by atoms with Crippen LogP contribution in [0, 0.1) is 5.92 Å². The normalized spacial score (nSPS) is 21.8. The number of aliphatic hydroxyl groups excluding tert-OH is 2. The summed E-state index contributed by atoms with van der Waals surface area (Å²) in [7, 11) is 0. The van der Waals surface area contributed by atoms with Crippen LogP contribution in [0.15, 0.2) is 30.7 Å². The van der Waals surface area contributed by atoms with E-state index in [1.54, 1.807) is 4.90 Å². The Morgan fingerprint density at radius 3 is 2.09 bits per heavy atom. The Morgan fingerprint density at radius 1 is 1.00 bits per heavy atom. The highest BCUT2D eigenvalue weighted by Crippen LogP contribution is 2.32. The minimum atomic E-state index is -4.47. The summed E-state index contributed by atoms with van der Waals surface area (Å²) in [5.74, 6) is 0.323. The van der Waals surface area contributed by atoms with Gasteiger partial charge in [-0.05, 0) is 24.5 Å². The minimum absolute atomic E-state index is 0.0763. The van der Waals surface area contributed by atoms with E-state index in [0.29, 0.717) is 18.4 Å². The zero-order valence-electron chi connectivity index (χ0n) is 17.1. The van der Waals surface area contributed by atoms with Crippen LogP contribution < -0.4 is 10.6 Å². The summed E-state index contributed by atoms with van der Waals surface area (Å²) in [5, 5.41) is 19.6. The van der Waals surface area contributed by atoms with Crippen molar-refractivity contribution in [3.8, 4) is 0 Å². The Hall–Kier alpha value is -2.67.